The van der Waals surface area contributed by atoms with Crippen molar-refractivity contribution in [3.05, 3.63) is 76.9 Å². The molecule has 4 rings (SSSR count). The molecule has 2 N–H and O–H groups in total. The Balaban J connectivity index is 1.53. The first kappa shape index (κ1) is 21.5. The van der Waals surface area contributed by atoms with E-state index in [0.717, 1.165) is 18.5 Å². The summed E-state index contributed by atoms with van der Waals surface area (Å²) in [6.45, 7) is 0.0913. The summed E-state index contributed by atoms with van der Waals surface area (Å²) in [6.07, 6.45) is -1.26. The molecule has 0 aliphatic carbocycles. The number of ether oxygens (including phenoxy) is 1. The molecule has 0 aromatic carbocycles. The smallest absolute Gasteiger partial charge is 0.417 e. The summed E-state index contributed by atoms with van der Waals surface area (Å²) in [7, 11) is 1.40. The number of aromatic nitrogens is 4. The second-order valence-electron chi connectivity index (χ2n) is 6.93. The molecule has 0 bridgehead atoms. The molecule has 166 valence electrons. The van der Waals surface area contributed by atoms with Gasteiger partial charge in [0.15, 0.2) is 0 Å². The van der Waals surface area contributed by atoms with Gasteiger partial charge in [-0.2, -0.15) is 17.6 Å². The second kappa shape index (κ2) is 8.40. The van der Waals surface area contributed by atoms with Crippen molar-refractivity contribution in [2.75, 3.05) is 12.4 Å². The van der Waals surface area contributed by atoms with Gasteiger partial charge in [-0.3, -0.25) is 0 Å². The lowest BCUT2D eigenvalue weighted by molar-refractivity contribution is -0.137. The molecule has 4 aromatic heterocycles. The number of nitrogens with one attached hydrogen (secondary N) is 2. The van der Waals surface area contributed by atoms with E-state index in [4.69, 9.17) is 4.74 Å². The van der Waals surface area contributed by atoms with Crippen molar-refractivity contribution in [3.63, 3.8) is 0 Å². The van der Waals surface area contributed by atoms with E-state index in [-0.39, 0.29) is 41.3 Å². The molecule has 32 heavy (non-hydrogen) atoms. The summed E-state index contributed by atoms with van der Waals surface area (Å²) in [5.41, 5.74) is 0.462. The van der Waals surface area contributed by atoms with E-state index < -0.39 is 23.5 Å². The molecule has 11 heteroatoms. The van der Waals surface area contributed by atoms with Gasteiger partial charge in [-0.05, 0) is 23.8 Å². The van der Waals surface area contributed by atoms with Crippen molar-refractivity contribution in [1.82, 2.24) is 19.9 Å². The Hall–Kier alpha value is -3.76. The number of pyridine rings is 3. The SMILES string of the molecule is COc1ncc(F)cc1CNc1ccc(Cc2c[nH]c3ncc(C(F)(F)F)cc23)c(F)n1. The minimum atomic E-state index is -4.53. The molecule has 0 fully saturated rings. The minimum Gasteiger partial charge on any atom is -0.481 e. The van der Waals surface area contributed by atoms with E-state index in [0.29, 0.717) is 11.1 Å². The zero-order valence-corrected chi connectivity index (χ0v) is 16.6. The van der Waals surface area contributed by atoms with Gasteiger partial charge in [0.1, 0.15) is 17.3 Å². The zero-order valence-electron chi connectivity index (χ0n) is 16.6. The third-order valence-corrected chi connectivity index (χ3v) is 4.80. The first-order chi connectivity index (χ1) is 15.2. The van der Waals surface area contributed by atoms with Crippen LogP contribution < -0.4 is 10.1 Å². The Morgan fingerprint density at radius 2 is 1.84 bits per heavy atom. The Bertz CT molecular complexity index is 1270. The molecule has 4 heterocycles. The predicted molar refractivity (Wildman–Crippen MR) is 106 cm³/mol. The van der Waals surface area contributed by atoms with Crippen LogP contribution in [0.15, 0.2) is 42.9 Å². The van der Waals surface area contributed by atoms with Crippen molar-refractivity contribution >= 4 is 16.9 Å². The van der Waals surface area contributed by atoms with E-state index in [1.165, 1.54) is 31.5 Å². The monoisotopic (exact) mass is 449 g/mol. The highest BCUT2D eigenvalue weighted by atomic mass is 19.4. The van der Waals surface area contributed by atoms with Crippen molar-refractivity contribution in [2.45, 2.75) is 19.1 Å². The van der Waals surface area contributed by atoms with Gasteiger partial charge < -0.3 is 15.0 Å². The largest absolute Gasteiger partial charge is 0.481 e. The molecular weight excluding hydrogens is 433 g/mol. The van der Waals surface area contributed by atoms with E-state index in [9.17, 15) is 22.0 Å². The lowest BCUT2D eigenvalue weighted by Crippen LogP contribution is -2.07. The first-order valence-electron chi connectivity index (χ1n) is 9.35. The van der Waals surface area contributed by atoms with Crippen LogP contribution in [-0.4, -0.2) is 27.0 Å². The standard InChI is InChI=1S/C21H16F5N5O/c1-32-20-13(5-15(22)10-30-20)8-27-17-3-2-11(18(23)31-17)4-12-7-28-19-16(12)6-14(9-29-19)21(24,25)26/h2-3,5-7,9-10H,4,8H2,1H3,(H,27,31)(H,28,29). The Morgan fingerprint density at radius 3 is 2.56 bits per heavy atom. The van der Waals surface area contributed by atoms with Crippen molar-refractivity contribution in [2.24, 2.45) is 0 Å². The average molecular weight is 449 g/mol. The van der Waals surface area contributed by atoms with Crippen molar-refractivity contribution in [3.8, 4) is 5.88 Å². The Morgan fingerprint density at radius 1 is 1.03 bits per heavy atom. The Kier molecular flexibility index (Phi) is 5.64. The van der Waals surface area contributed by atoms with Crippen LogP contribution in [0.5, 0.6) is 5.88 Å². The van der Waals surface area contributed by atoms with E-state index in [1.807, 2.05) is 0 Å². The van der Waals surface area contributed by atoms with Crippen LogP contribution in [0.3, 0.4) is 0 Å². The number of alkyl halides is 3. The third-order valence-electron chi connectivity index (χ3n) is 4.80. The number of fused-ring (bicyclic) bond motifs is 1. The van der Waals surface area contributed by atoms with Crippen LogP contribution >= 0.6 is 0 Å². The summed E-state index contributed by atoms with van der Waals surface area (Å²) >= 11 is 0. The molecule has 6 nitrogen and oxygen atoms in total. The van der Waals surface area contributed by atoms with Crippen LogP contribution in [0.1, 0.15) is 22.3 Å². The highest BCUT2D eigenvalue weighted by Gasteiger charge is 2.31. The number of nitrogens with zero attached hydrogens (tertiary/aromatic N) is 3. The van der Waals surface area contributed by atoms with E-state index in [2.05, 4.69) is 25.3 Å². The number of halogens is 5. The lowest BCUT2D eigenvalue weighted by atomic mass is 10.1. The molecule has 0 aliphatic rings. The number of H-pyrrole nitrogens is 1. The number of hydrogen-bond donors (Lipinski definition) is 2. The molecular formula is C21H16F5N5O. The number of aromatic amines is 1. The fourth-order valence-electron chi connectivity index (χ4n) is 3.22. The van der Waals surface area contributed by atoms with Gasteiger partial charge in [0, 0.05) is 41.9 Å². The molecule has 0 saturated heterocycles. The normalized spacial score (nSPS) is 11.7. The number of anilines is 1. The van der Waals surface area contributed by atoms with Crippen LogP contribution in [0.25, 0.3) is 11.0 Å². The van der Waals surface area contributed by atoms with Gasteiger partial charge in [-0.25, -0.2) is 19.3 Å². The summed E-state index contributed by atoms with van der Waals surface area (Å²) in [5.74, 6) is -0.910. The minimum absolute atomic E-state index is 0.0176. The molecule has 0 spiro atoms. The van der Waals surface area contributed by atoms with Gasteiger partial charge in [0.2, 0.25) is 11.8 Å². The van der Waals surface area contributed by atoms with Crippen molar-refractivity contribution in [1.29, 1.82) is 0 Å². The summed E-state index contributed by atoms with van der Waals surface area (Å²) in [6, 6.07) is 5.22. The number of rotatable bonds is 6. The van der Waals surface area contributed by atoms with Crippen LogP contribution in [-0.2, 0) is 19.1 Å². The fraction of sp³-hybridized carbons (Fsp3) is 0.190. The summed E-state index contributed by atoms with van der Waals surface area (Å²) < 4.78 is 72.1. The molecule has 0 atom stereocenters. The number of hydrogen-bond acceptors (Lipinski definition) is 5. The maximum Gasteiger partial charge on any atom is 0.417 e. The topological polar surface area (TPSA) is 75.7 Å². The highest BCUT2D eigenvalue weighted by Crippen LogP contribution is 2.32. The van der Waals surface area contributed by atoms with Gasteiger partial charge in [0.25, 0.3) is 0 Å². The summed E-state index contributed by atoms with van der Waals surface area (Å²) in [4.78, 5) is 14.2. The Labute approximate surface area is 178 Å². The predicted octanol–water partition coefficient (Wildman–Crippen LogP) is 4.86. The van der Waals surface area contributed by atoms with E-state index in [1.54, 1.807) is 0 Å². The number of methoxy groups -OCH3 is 1. The van der Waals surface area contributed by atoms with Gasteiger partial charge in [-0.1, -0.05) is 6.07 Å². The third kappa shape index (κ3) is 4.46. The van der Waals surface area contributed by atoms with E-state index >= 15 is 0 Å². The molecule has 0 aliphatic heterocycles. The quantitative estimate of drug-likeness (QED) is 0.325. The maximum atomic E-state index is 14.6. The van der Waals surface area contributed by atoms with Crippen molar-refractivity contribution < 1.29 is 26.7 Å². The van der Waals surface area contributed by atoms with Gasteiger partial charge in [0.05, 0.1) is 18.9 Å². The molecule has 0 saturated carbocycles. The second-order valence-corrected chi connectivity index (χ2v) is 6.93. The lowest BCUT2D eigenvalue weighted by Gasteiger charge is -2.10. The molecule has 0 amide bonds. The van der Waals surface area contributed by atoms with Crippen LogP contribution in [0.2, 0.25) is 0 Å². The van der Waals surface area contributed by atoms with Gasteiger partial charge >= 0.3 is 6.18 Å². The van der Waals surface area contributed by atoms with Crippen LogP contribution in [0, 0.1) is 11.8 Å². The molecule has 4 aromatic rings. The molecule has 0 radical (unpaired) electrons. The average Bonchev–Trinajstić information content (AvgIpc) is 3.15. The van der Waals surface area contributed by atoms with Crippen LogP contribution in [0.4, 0.5) is 27.8 Å². The fourth-order valence-corrected chi connectivity index (χ4v) is 3.22. The highest BCUT2D eigenvalue weighted by molar-refractivity contribution is 5.80. The molecule has 0 unspecified atom stereocenters. The maximum absolute atomic E-state index is 14.6. The first-order valence-corrected chi connectivity index (χ1v) is 9.35. The summed E-state index contributed by atoms with van der Waals surface area (Å²) in [5, 5.41) is 3.12. The zero-order chi connectivity index (χ0) is 22.9. The van der Waals surface area contributed by atoms with Gasteiger partial charge in [-0.15, -0.1) is 0 Å².